The van der Waals surface area contributed by atoms with Gasteiger partial charge in [0.2, 0.25) is 0 Å². The zero-order valence-corrected chi connectivity index (χ0v) is 13.0. The predicted molar refractivity (Wildman–Crippen MR) is 77.3 cm³/mol. The van der Waals surface area contributed by atoms with Crippen molar-refractivity contribution >= 4 is 49.1 Å². The first-order valence-corrected chi connectivity index (χ1v) is 7.49. The Morgan fingerprint density at radius 2 is 2.11 bits per heavy atom. The van der Waals surface area contributed by atoms with Gasteiger partial charge < -0.3 is 5.32 Å². The molecule has 0 atom stereocenters. The number of hydrogen-bond donors (Lipinski definition) is 1. The van der Waals surface area contributed by atoms with E-state index in [1.807, 2.05) is 11.4 Å². The highest BCUT2D eigenvalue weighted by Gasteiger charge is 2.12. The zero-order valence-electron chi connectivity index (χ0n) is 9.04. The fourth-order valence-corrected chi connectivity index (χ4v) is 3.17. The van der Waals surface area contributed by atoms with E-state index in [-0.39, 0.29) is 5.56 Å². The minimum absolute atomic E-state index is 0.0389. The summed E-state index contributed by atoms with van der Waals surface area (Å²) in [5, 5.41) is 4.61. The van der Waals surface area contributed by atoms with Gasteiger partial charge in [-0.3, -0.25) is 4.79 Å². The Bertz CT molecular complexity index is 585. The highest BCUT2D eigenvalue weighted by atomic mass is 79.9. The van der Waals surface area contributed by atoms with Crippen molar-refractivity contribution in [1.29, 1.82) is 0 Å². The third-order valence-corrected chi connectivity index (χ3v) is 4.69. The van der Waals surface area contributed by atoms with Crippen LogP contribution in [0.15, 0.2) is 38.6 Å². The quantitative estimate of drug-likeness (QED) is 0.826. The summed E-state index contributed by atoms with van der Waals surface area (Å²) in [7, 11) is 0. The van der Waals surface area contributed by atoms with E-state index in [4.69, 9.17) is 0 Å². The monoisotopic (exact) mass is 391 g/mol. The number of nitrogens with one attached hydrogen (secondary N) is 1. The number of benzene rings is 1. The summed E-state index contributed by atoms with van der Waals surface area (Å²) in [6, 6.07) is 6.20. The van der Waals surface area contributed by atoms with E-state index in [2.05, 4.69) is 37.2 Å². The van der Waals surface area contributed by atoms with E-state index in [0.29, 0.717) is 11.0 Å². The molecule has 0 saturated heterocycles. The number of hydrogen-bond acceptors (Lipinski definition) is 2. The van der Waals surface area contributed by atoms with Gasteiger partial charge in [0.25, 0.3) is 5.91 Å². The summed E-state index contributed by atoms with van der Waals surface area (Å²) in [6.07, 6.45) is 0. The summed E-state index contributed by atoms with van der Waals surface area (Å²) < 4.78 is 15.1. The second-order valence-corrected chi connectivity index (χ2v) is 6.27. The maximum absolute atomic E-state index is 13.5. The molecule has 94 valence electrons. The zero-order chi connectivity index (χ0) is 13.1. The van der Waals surface area contributed by atoms with Crippen LogP contribution in [0, 0.1) is 5.82 Å². The van der Waals surface area contributed by atoms with E-state index in [9.17, 15) is 9.18 Å². The molecule has 1 aromatic carbocycles. The highest BCUT2D eigenvalue weighted by Crippen LogP contribution is 2.22. The number of thiophene rings is 1. The van der Waals surface area contributed by atoms with Crippen molar-refractivity contribution < 1.29 is 9.18 Å². The Labute approximate surface area is 124 Å². The van der Waals surface area contributed by atoms with Crippen LogP contribution >= 0.6 is 43.2 Å². The normalized spacial score (nSPS) is 10.4. The third kappa shape index (κ3) is 3.18. The second kappa shape index (κ2) is 5.95. The summed E-state index contributed by atoms with van der Waals surface area (Å²) in [5.41, 5.74) is 0.0389. The summed E-state index contributed by atoms with van der Waals surface area (Å²) in [6.45, 7) is 0.378. The lowest BCUT2D eigenvalue weighted by molar-refractivity contribution is 0.0947. The number of rotatable bonds is 3. The van der Waals surface area contributed by atoms with Gasteiger partial charge in [0.15, 0.2) is 0 Å². The van der Waals surface area contributed by atoms with Gasteiger partial charge in [-0.1, -0.05) is 15.9 Å². The molecule has 18 heavy (non-hydrogen) atoms. The first-order chi connectivity index (χ1) is 8.58. The van der Waals surface area contributed by atoms with Crippen LogP contribution in [0.2, 0.25) is 0 Å². The Hall–Kier alpha value is -0.720. The van der Waals surface area contributed by atoms with Crippen LogP contribution in [0.5, 0.6) is 0 Å². The van der Waals surface area contributed by atoms with E-state index >= 15 is 0 Å². The average Bonchev–Trinajstić information content (AvgIpc) is 2.75. The van der Waals surface area contributed by atoms with Gasteiger partial charge in [-0.2, -0.15) is 0 Å². The Kier molecular flexibility index (Phi) is 4.53. The van der Waals surface area contributed by atoms with Crippen LogP contribution in [0.3, 0.4) is 0 Å². The maximum Gasteiger partial charge on any atom is 0.254 e. The van der Waals surface area contributed by atoms with Crippen LogP contribution < -0.4 is 5.32 Å². The molecule has 2 aromatic rings. The number of halogens is 3. The predicted octanol–water partition coefficient (Wildman–Crippen LogP) is 4.34. The Morgan fingerprint density at radius 3 is 2.78 bits per heavy atom. The van der Waals surface area contributed by atoms with Crippen LogP contribution in [0.25, 0.3) is 0 Å². The largest absolute Gasteiger partial charge is 0.347 e. The summed E-state index contributed by atoms with van der Waals surface area (Å²) >= 11 is 8.12. The molecule has 0 spiro atoms. The van der Waals surface area contributed by atoms with Crippen molar-refractivity contribution in [1.82, 2.24) is 5.32 Å². The van der Waals surface area contributed by atoms with E-state index < -0.39 is 11.7 Å². The molecular formula is C12H8Br2FNOS. The number of carbonyl (C=O) groups is 1. The molecule has 0 aliphatic carbocycles. The molecule has 0 aliphatic heterocycles. The Morgan fingerprint density at radius 1 is 1.33 bits per heavy atom. The molecule has 0 aliphatic rings. The van der Waals surface area contributed by atoms with Crippen LogP contribution in [-0.4, -0.2) is 5.91 Å². The first kappa shape index (κ1) is 13.7. The summed E-state index contributed by atoms with van der Waals surface area (Å²) in [4.78, 5) is 12.8. The van der Waals surface area contributed by atoms with Gasteiger partial charge in [0.05, 0.1) is 12.1 Å². The maximum atomic E-state index is 13.5. The van der Waals surface area contributed by atoms with Crippen LogP contribution in [0.4, 0.5) is 4.39 Å². The molecule has 0 fully saturated rings. The van der Waals surface area contributed by atoms with Gasteiger partial charge in [-0.25, -0.2) is 4.39 Å². The molecule has 6 heteroatoms. The third-order valence-electron chi connectivity index (χ3n) is 2.27. The van der Waals surface area contributed by atoms with E-state index in [0.717, 1.165) is 9.35 Å². The molecule has 1 heterocycles. The first-order valence-electron chi connectivity index (χ1n) is 5.03. The van der Waals surface area contributed by atoms with Crippen molar-refractivity contribution in [2.75, 3.05) is 0 Å². The minimum atomic E-state index is -0.527. The van der Waals surface area contributed by atoms with Gasteiger partial charge in [-0.15, -0.1) is 11.3 Å². The van der Waals surface area contributed by atoms with Gasteiger partial charge in [0, 0.05) is 13.8 Å². The van der Waals surface area contributed by atoms with Crippen molar-refractivity contribution in [2.24, 2.45) is 0 Å². The van der Waals surface area contributed by atoms with E-state index in [1.54, 1.807) is 6.07 Å². The van der Waals surface area contributed by atoms with E-state index in [1.165, 1.54) is 23.5 Å². The van der Waals surface area contributed by atoms with Gasteiger partial charge >= 0.3 is 0 Å². The van der Waals surface area contributed by atoms with Crippen molar-refractivity contribution in [3.05, 3.63) is 54.8 Å². The number of carbonyl (C=O) groups excluding carboxylic acids is 1. The van der Waals surface area contributed by atoms with Crippen LogP contribution in [0.1, 0.15) is 15.2 Å². The summed E-state index contributed by atoms with van der Waals surface area (Å²) in [5.74, 6) is -0.949. The fourth-order valence-electron chi connectivity index (χ4n) is 1.38. The van der Waals surface area contributed by atoms with Gasteiger partial charge in [-0.05, 0) is 45.6 Å². The minimum Gasteiger partial charge on any atom is -0.347 e. The van der Waals surface area contributed by atoms with Crippen molar-refractivity contribution in [3.63, 3.8) is 0 Å². The molecule has 0 bridgehead atoms. The molecule has 0 unspecified atom stereocenters. The molecule has 1 amide bonds. The topological polar surface area (TPSA) is 29.1 Å². The highest BCUT2D eigenvalue weighted by molar-refractivity contribution is 9.10. The molecule has 1 N–H and O–H groups in total. The lowest BCUT2D eigenvalue weighted by Gasteiger charge is -2.06. The van der Waals surface area contributed by atoms with Crippen molar-refractivity contribution in [2.45, 2.75) is 6.54 Å². The molecule has 2 nitrogen and oxygen atoms in total. The standard InChI is InChI=1S/C12H8Br2FNOS/c13-7-1-2-10(15)8(5-7)12(17)16-6-11-9(14)3-4-18-11/h1-5H,6H2,(H,16,17). The molecule has 0 radical (unpaired) electrons. The molecule has 1 aromatic heterocycles. The lowest BCUT2D eigenvalue weighted by atomic mass is 10.2. The molecule has 0 saturated carbocycles. The second-order valence-electron chi connectivity index (χ2n) is 3.50. The molecular weight excluding hydrogens is 385 g/mol. The lowest BCUT2D eigenvalue weighted by Crippen LogP contribution is -2.23. The van der Waals surface area contributed by atoms with Crippen LogP contribution in [-0.2, 0) is 6.54 Å². The number of amides is 1. The fraction of sp³-hybridized carbons (Fsp3) is 0.0833. The smallest absolute Gasteiger partial charge is 0.254 e. The van der Waals surface area contributed by atoms with Crippen molar-refractivity contribution in [3.8, 4) is 0 Å². The molecule has 2 rings (SSSR count). The average molecular weight is 393 g/mol. The van der Waals surface area contributed by atoms with Gasteiger partial charge in [0.1, 0.15) is 5.82 Å². The SMILES string of the molecule is O=C(NCc1sccc1Br)c1cc(Br)ccc1F. The Balaban J connectivity index is 2.08.